The summed E-state index contributed by atoms with van der Waals surface area (Å²) in [5.74, 6) is -0.787. The molecule has 16 atom stereocenters. The number of aliphatic hydroxyl groups excluding tert-OH is 6. The predicted molar refractivity (Wildman–Crippen MR) is 168 cm³/mol. The molecule has 0 bridgehead atoms. The van der Waals surface area contributed by atoms with Crippen molar-refractivity contribution < 1.29 is 50.0 Å². The van der Waals surface area contributed by atoms with E-state index in [1.165, 1.54) is 0 Å². The van der Waals surface area contributed by atoms with Crippen molar-refractivity contribution in [2.75, 3.05) is 6.61 Å². The van der Waals surface area contributed by atoms with Crippen molar-refractivity contribution in [1.82, 2.24) is 0 Å². The summed E-state index contributed by atoms with van der Waals surface area (Å²) in [7, 11) is 0. The van der Waals surface area contributed by atoms with E-state index in [1.54, 1.807) is 0 Å². The third kappa shape index (κ3) is 4.39. The standard InChI is InChI=1S/C36H58O10/c1-18-10-13-36(30(43)46-29-26(41)25(40)24(39)21(17-37)45-29)15-14-33(5)19(27(36)35(18,7)44)8-9-23-32(4)16-20(38)28(42)31(2,3)22(32)11-12-34(23,33)6/h8,18,20-29,37-42,44H,9-17H2,1-7H3/t18-,20+,21+,22+,23+,24+,25-,26+,27-,28-,29-,32-,33+,34+,35+,36-/m0/s1. The molecule has 4 saturated carbocycles. The second-order valence-electron chi connectivity index (χ2n) is 17.7. The van der Waals surface area contributed by atoms with E-state index in [2.05, 4.69) is 40.7 Å². The Morgan fingerprint density at radius 1 is 0.913 bits per heavy atom. The molecule has 0 radical (unpaired) electrons. The molecular formula is C36H58O10. The largest absolute Gasteiger partial charge is 0.432 e. The third-order valence-electron chi connectivity index (χ3n) is 15.5. The summed E-state index contributed by atoms with van der Waals surface area (Å²) in [5, 5.41) is 75.6. The minimum atomic E-state index is -1.70. The Hall–Kier alpha value is -1.11. The highest BCUT2D eigenvalue weighted by Crippen LogP contribution is 2.76. The first-order chi connectivity index (χ1) is 21.2. The second kappa shape index (κ2) is 10.9. The molecular weight excluding hydrogens is 592 g/mol. The summed E-state index contributed by atoms with van der Waals surface area (Å²) in [6.07, 6.45) is -1.65. The number of carbonyl (C=O) groups is 1. The maximum Gasteiger partial charge on any atom is 0.315 e. The van der Waals surface area contributed by atoms with E-state index < -0.39 is 77.8 Å². The van der Waals surface area contributed by atoms with E-state index in [0.29, 0.717) is 32.1 Å². The van der Waals surface area contributed by atoms with Gasteiger partial charge in [-0.05, 0) is 97.7 Å². The van der Waals surface area contributed by atoms with Crippen molar-refractivity contribution in [3.05, 3.63) is 11.6 Å². The molecule has 5 aliphatic carbocycles. The third-order valence-corrected chi connectivity index (χ3v) is 15.5. The summed E-state index contributed by atoms with van der Waals surface area (Å²) in [6, 6.07) is 0. The summed E-state index contributed by atoms with van der Waals surface area (Å²) in [6.45, 7) is 14.4. The fraction of sp³-hybridized carbons (Fsp3) is 0.917. The van der Waals surface area contributed by atoms with Crippen LogP contribution in [0.5, 0.6) is 0 Å². The van der Waals surface area contributed by atoms with Crippen molar-refractivity contribution in [2.45, 2.75) is 148 Å². The first-order valence-electron chi connectivity index (χ1n) is 17.5. The molecule has 1 saturated heterocycles. The molecule has 1 aliphatic heterocycles. The molecule has 6 aliphatic rings. The molecule has 0 unspecified atom stereocenters. The molecule has 0 amide bonds. The van der Waals surface area contributed by atoms with Crippen molar-refractivity contribution in [1.29, 1.82) is 0 Å². The summed E-state index contributed by atoms with van der Waals surface area (Å²) < 4.78 is 11.5. The molecule has 262 valence electrons. The maximum absolute atomic E-state index is 14.5. The molecule has 0 aromatic rings. The summed E-state index contributed by atoms with van der Waals surface area (Å²) >= 11 is 0. The number of carbonyl (C=O) groups excluding carboxylic acids is 1. The van der Waals surface area contributed by atoms with Gasteiger partial charge in [0, 0.05) is 5.92 Å². The van der Waals surface area contributed by atoms with E-state index >= 15 is 0 Å². The van der Waals surface area contributed by atoms with Gasteiger partial charge in [-0.1, -0.05) is 53.2 Å². The molecule has 1 heterocycles. The molecule has 6 rings (SSSR count). The van der Waals surface area contributed by atoms with Crippen LogP contribution in [0.2, 0.25) is 0 Å². The average Bonchev–Trinajstić information content (AvgIpc) is 2.98. The van der Waals surface area contributed by atoms with E-state index in [0.717, 1.165) is 24.8 Å². The lowest BCUT2D eigenvalue weighted by molar-refractivity contribution is -0.299. The van der Waals surface area contributed by atoms with Crippen LogP contribution in [-0.2, 0) is 14.3 Å². The van der Waals surface area contributed by atoms with Crippen molar-refractivity contribution >= 4 is 5.97 Å². The van der Waals surface area contributed by atoms with Crippen LogP contribution in [0, 0.1) is 50.7 Å². The van der Waals surface area contributed by atoms with Crippen LogP contribution in [0.1, 0.15) is 99.8 Å². The van der Waals surface area contributed by atoms with Crippen LogP contribution in [0.3, 0.4) is 0 Å². The Morgan fingerprint density at radius 2 is 1.59 bits per heavy atom. The number of rotatable bonds is 3. The van der Waals surface area contributed by atoms with Gasteiger partial charge in [-0.15, -0.1) is 0 Å². The Kier molecular flexibility index (Phi) is 8.27. The van der Waals surface area contributed by atoms with E-state index in [9.17, 15) is 40.5 Å². The van der Waals surface area contributed by atoms with Gasteiger partial charge in [-0.25, -0.2) is 0 Å². The van der Waals surface area contributed by atoms with Gasteiger partial charge in [-0.3, -0.25) is 4.79 Å². The van der Waals surface area contributed by atoms with Gasteiger partial charge < -0.3 is 45.2 Å². The number of aliphatic hydroxyl groups is 7. The van der Waals surface area contributed by atoms with Crippen LogP contribution in [0.4, 0.5) is 0 Å². The van der Waals surface area contributed by atoms with Crippen molar-refractivity contribution in [3.8, 4) is 0 Å². The number of ether oxygens (including phenoxy) is 2. The molecule has 10 nitrogen and oxygen atoms in total. The maximum atomic E-state index is 14.5. The van der Waals surface area contributed by atoms with Gasteiger partial charge in [0.15, 0.2) is 0 Å². The van der Waals surface area contributed by atoms with E-state index in [4.69, 9.17) is 9.47 Å². The zero-order valence-electron chi connectivity index (χ0n) is 28.6. The lowest BCUT2D eigenvalue weighted by Crippen LogP contribution is -2.69. The Morgan fingerprint density at radius 3 is 2.24 bits per heavy atom. The van der Waals surface area contributed by atoms with Gasteiger partial charge in [0.25, 0.3) is 0 Å². The SMILES string of the molecule is C[C@H]1CC[C@]2(C(=O)O[C@@H]3O[C@H](CO)[C@@H](O)[C@H](O)[C@H]3O)CC[C@]3(C)C(=CC[C@@H]4[C@@]5(C)C[C@@H](O)[C@H](O)C(C)(C)[C@H]5CC[C@]43C)[C@H]2[C@]1(C)O. The number of hydrogen-bond donors (Lipinski definition) is 7. The lowest BCUT2D eigenvalue weighted by Gasteiger charge is -2.72. The second-order valence-corrected chi connectivity index (χ2v) is 17.7. The average molecular weight is 651 g/mol. The van der Waals surface area contributed by atoms with Crippen LogP contribution in [0.15, 0.2) is 11.6 Å². The Bertz CT molecular complexity index is 1250. The molecule has 0 aromatic carbocycles. The lowest BCUT2D eigenvalue weighted by atomic mass is 9.33. The number of hydrogen-bond acceptors (Lipinski definition) is 10. The monoisotopic (exact) mass is 650 g/mol. The smallest absolute Gasteiger partial charge is 0.315 e. The first-order valence-corrected chi connectivity index (χ1v) is 17.5. The van der Waals surface area contributed by atoms with E-state index in [-0.39, 0.29) is 34.0 Å². The molecule has 10 heteroatoms. The fourth-order valence-electron chi connectivity index (χ4n) is 12.4. The Balaban J connectivity index is 1.39. The highest BCUT2D eigenvalue weighted by molar-refractivity contribution is 5.79. The Labute approximate surface area is 273 Å². The summed E-state index contributed by atoms with van der Waals surface area (Å²) in [5.41, 5.74) is -2.44. The van der Waals surface area contributed by atoms with Crippen molar-refractivity contribution in [2.24, 2.45) is 50.7 Å². The van der Waals surface area contributed by atoms with Crippen LogP contribution in [-0.4, -0.2) is 96.8 Å². The van der Waals surface area contributed by atoms with Gasteiger partial charge in [0.05, 0.1) is 29.8 Å². The molecule has 7 N–H and O–H groups in total. The zero-order chi connectivity index (χ0) is 34.0. The number of allylic oxidation sites excluding steroid dienone is 1. The fourth-order valence-corrected chi connectivity index (χ4v) is 12.4. The summed E-state index contributed by atoms with van der Waals surface area (Å²) in [4.78, 5) is 14.5. The number of esters is 1. The highest BCUT2D eigenvalue weighted by atomic mass is 16.7. The van der Waals surface area contributed by atoms with Gasteiger partial charge in [0.1, 0.15) is 24.4 Å². The minimum Gasteiger partial charge on any atom is -0.432 e. The first kappa shape index (κ1) is 34.7. The van der Waals surface area contributed by atoms with Gasteiger partial charge in [-0.2, -0.15) is 0 Å². The predicted octanol–water partition coefficient (Wildman–Crippen LogP) is 2.43. The van der Waals surface area contributed by atoms with E-state index in [1.807, 2.05) is 13.8 Å². The van der Waals surface area contributed by atoms with Crippen LogP contribution >= 0.6 is 0 Å². The highest BCUT2D eigenvalue weighted by Gasteiger charge is 2.72. The minimum absolute atomic E-state index is 0.0940. The van der Waals surface area contributed by atoms with Crippen LogP contribution < -0.4 is 0 Å². The molecule has 0 aromatic heterocycles. The topological polar surface area (TPSA) is 177 Å². The molecule has 46 heavy (non-hydrogen) atoms. The van der Waals surface area contributed by atoms with Gasteiger partial charge in [0.2, 0.25) is 6.29 Å². The quantitative estimate of drug-likeness (QED) is 0.177. The normalized spacial score (nSPS) is 56.4. The molecule has 5 fully saturated rings. The number of fused-ring (bicyclic) bond motifs is 7. The van der Waals surface area contributed by atoms with Crippen molar-refractivity contribution in [3.63, 3.8) is 0 Å². The van der Waals surface area contributed by atoms with Gasteiger partial charge >= 0.3 is 5.97 Å². The van der Waals surface area contributed by atoms with Crippen LogP contribution in [0.25, 0.3) is 0 Å². The molecule has 0 spiro atoms. The zero-order valence-corrected chi connectivity index (χ0v) is 28.6.